The largest absolute Gasteiger partial charge is 0.480 e. The molecule has 0 saturated carbocycles. The van der Waals surface area contributed by atoms with Gasteiger partial charge in [-0.1, -0.05) is 7.43 Å². The number of aliphatic carboxylic acids is 1. The molecule has 89 heavy (non-hydrogen) atoms. The van der Waals surface area contributed by atoms with Crippen LogP contribution in [0, 0.1) is 36.5 Å². The molecule has 3 aromatic heterocycles. The Morgan fingerprint density at radius 2 is 0.831 bits per heavy atom. The van der Waals surface area contributed by atoms with Crippen molar-refractivity contribution < 1.29 is 95.7 Å². The number of aldehydes is 1. The van der Waals surface area contributed by atoms with Crippen molar-refractivity contribution >= 4 is 64.7 Å². The molecule has 3 rings (SSSR count). The first kappa shape index (κ1) is 97.4. The minimum Gasteiger partial charge on any atom is -0.480 e. The SMILES string of the molecule is C.C#CC#CC#C.COC(=O)[C@@H](N)Cc1cnc[nH]1.COCCOCC=O.COCCOCCN(CCOCCOC)[C@@H](Cc1cnc[nH]1)C(=O)O.COCCOCCN(CCOCCOC)[C@@H](Cc1cnc[nH]1)C(=O)OC.COCCOCCO.S.S.S. The van der Waals surface area contributed by atoms with Gasteiger partial charge in [0.05, 0.1) is 152 Å². The number of H-pyrrole nitrogens is 3. The quantitative estimate of drug-likeness (QED) is 0.0192. The monoisotopic (exact) mass is 1330 g/mol. The standard InChI is InChI=1S/C17H31N3O6.C16H29N3O6.C7H11N3O2.C6H2.C5H12O3.C5H10O3.CH4.3H2S/c1-22-8-10-25-6-4-20(5-7-26-11-9-23-2)16(17(21)24-3)12-15-13-18-14-19-15;1-22-7-9-24-5-3-19(4-6-25-10-8-23-2)15(16(20)21)11-14-12-17-13-18-14;1-12-7(11)6(8)2-5-3-9-4-10-5;1-3-5-6-4-2;2*1-7-4-5-8-3-2-6;;;;/h13-14,16H,4-12H2,1-3H3,(H,18,19);12-13,15H,3-11H2,1-2H3,(H,17,18)(H,20,21);3-4,6H,2,8H2,1H3,(H,9,10);1-2H;6H,2-5H2,1H3;2H,3-5H2,1H3;1H4;3*1H2/t16-;15-;6-;;;;;;;/m000......./s1. The van der Waals surface area contributed by atoms with Crippen molar-refractivity contribution in [2.24, 2.45) is 5.73 Å². The van der Waals surface area contributed by atoms with Crippen molar-refractivity contribution in [2.75, 3.05) is 209 Å². The van der Waals surface area contributed by atoms with Crippen molar-refractivity contribution in [1.29, 1.82) is 0 Å². The normalized spacial score (nSPS) is 10.8. The average molecular weight is 1330 g/mol. The Hall–Kier alpha value is -5.20. The lowest BCUT2D eigenvalue weighted by Gasteiger charge is -2.29. The summed E-state index contributed by atoms with van der Waals surface area (Å²) >= 11 is 0. The van der Waals surface area contributed by atoms with Gasteiger partial charge in [-0.15, -0.1) is 12.8 Å². The zero-order valence-electron chi connectivity index (χ0n) is 52.4. The van der Waals surface area contributed by atoms with Crippen molar-refractivity contribution in [3.05, 3.63) is 54.7 Å². The third kappa shape index (κ3) is 62.8. The molecule has 0 bridgehead atoms. The maximum absolute atomic E-state index is 12.3. The van der Waals surface area contributed by atoms with E-state index in [4.69, 9.17) is 75.8 Å². The molecule has 516 valence electrons. The van der Waals surface area contributed by atoms with Gasteiger partial charge in [0, 0.05) is 124 Å². The van der Waals surface area contributed by atoms with Gasteiger partial charge >= 0.3 is 17.9 Å². The summed E-state index contributed by atoms with van der Waals surface area (Å²) in [6, 6.07) is -1.74. The van der Waals surface area contributed by atoms with Gasteiger partial charge in [-0.05, 0) is 23.7 Å². The Morgan fingerprint density at radius 1 is 0.517 bits per heavy atom. The highest BCUT2D eigenvalue weighted by atomic mass is 32.1. The number of terminal acetylenes is 2. The van der Waals surface area contributed by atoms with Crippen LogP contribution < -0.4 is 5.73 Å². The van der Waals surface area contributed by atoms with E-state index < -0.39 is 30.1 Å². The van der Waals surface area contributed by atoms with Gasteiger partial charge in [0.15, 0.2) is 0 Å². The minimum absolute atomic E-state index is 0. The smallest absolute Gasteiger partial charge is 0.323 e. The molecule has 0 aromatic carbocycles. The number of aromatic amines is 3. The zero-order chi connectivity index (χ0) is 63.7. The number of nitrogens with zero attached hydrogens (tertiary/aromatic N) is 5. The summed E-state index contributed by atoms with van der Waals surface area (Å²) in [5, 5.41) is 17.8. The molecule has 0 aliphatic carbocycles. The fourth-order valence-corrected chi connectivity index (χ4v) is 6.15. The molecular weight excluding hydrogens is 1230 g/mol. The van der Waals surface area contributed by atoms with Crippen LogP contribution in [-0.4, -0.2) is 301 Å². The molecule has 0 aliphatic heterocycles. The number of ether oxygens (including phenoxy) is 14. The lowest BCUT2D eigenvalue weighted by molar-refractivity contribution is -0.148. The zero-order valence-corrected chi connectivity index (χ0v) is 55.4. The molecule has 0 spiro atoms. The van der Waals surface area contributed by atoms with E-state index in [0.717, 1.165) is 23.4 Å². The molecule has 32 heteroatoms. The Kier molecular flexibility index (Phi) is 84.3. The maximum atomic E-state index is 12.3. The van der Waals surface area contributed by atoms with E-state index in [1.54, 1.807) is 80.2 Å². The summed E-state index contributed by atoms with van der Waals surface area (Å²) < 4.78 is 70.2. The van der Waals surface area contributed by atoms with Crippen LogP contribution in [0.1, 0.15) is 24.5 Å². The Bertz CT molecular complexity index is 2040. The molecule has 29 nitrogen and oxygen atoms in total. The third-order valence-electron chi connectivity index (χ3n) is 10.4. The predicted octanol–water partition coefficient (Wildman–Crippen LogP) is 0.328. The molecule has 3 heterocycles. The van der Waals surface area contributed by atoms with Gasteiger partial charge in [-0.2, -0.15) is 40.5 Å². The number of nitrogens with two attached hydrogens (primary N) is 1. The van der Waals surface area contributed by atoms with E-state index >= 15 is 0 Å². The second kappa shape index (κ2) is 77.0. The fraction of sp³-hybridized carbons (Fsp3) is 0.667. The summed E-state index contributed by atoms with van der Waals surface area (Å²) in [5.74, 6) is 7.01. The Labute approximate surface area is 548 Å². The molecule has 0 amide bonds. The van der Waals surface area contributed by atoms with Crippen LogP contribution in [0.2, 0.25) is 0 Å². The number of imidazole rings is 3. The number of carbonyl (C=O) groups excluding carboxylic acids is 3. The number of esters is 2. The number of hydrogen-bond acceptors (Lipinski definition) is 25. The van der Waals surface area contributed by atoms with Crippen molar-refractivity contribution in [2.45, 2.75) is 44.8 Å². The van der Waals surface area contributed by atoms with Crippen LogP contribution in [0.25, 0.3) is 0 Å². The highest BCUT2D eigenvalue weighted by molar-refractivity contribution is 7.59. The Morgan fingerprint density at radius 3 is 1.11 bits per heavy atom. The molecule has 0 saturated heterocycles. The van der Waals surface area contributed by atoms with Crippen LogP contribution in [0.3, 0.4) is 0 Å². The van der Waals surface area contributed by atoms with Crippen LogP contribution in [0.4, 0.5) is 0 Å². The Balaban J connectivity index is -0.000000196. The molecule has 3 aromatic rings. The number of rotatable bonds is 45. The molecule has 3 atom stereocenters. The van der Waals surface area contributed by atoms with Gasteiger partial charge in [-0.25, -0.2) is 15.0 Å². The number of carboxylic acids is 1. The number of aromatic nitrogens is 6. The number of hydrogen-bond donors (Lipinski definition) is 6. The molecule has 0 aliphatic rings. The topological polar surface area (TPSA) is 356 Å². The number of carboxylic acid groups (broad SMARTS) is 1. The van der Waals surface area contributed by atoms with Gasteiger partial charge in [0.25, 0.3) is 0 Å². The summed E-state index contributed by atoms with van der Waals surface area (Å²) in [6.45, 7) is 10.9. The molecule has 0 fully saturated rings. The molecule has 0 radical (unpaired) electrons. The van der Waals surface area contributed by atoms with Gasteiger partial charge < -0.3 is 102 Å². The van der Waals surface area contributed by atoms with Crippen LogP contribution in [0.15, 0.2) is 37.6 Å². The summed E-state index contributed by atoms with van der Waals surface area (Å²) in [7, 11) is 12.4. The van der Waals surface area contributed by atoms with Crippen LogP contribution >= 0.6 is 40.5 Å². The molecule has 0 unspecified atom stereocenters. The summed E-state index contributed by atoms with van der Waals surface area (Å²) in [5.41, 5.74) is 7.97. The first-order valence-electron chi connectivity index (χ1n) is 26.8. The van der Waals surface area contributed by atoms with E-state index in [-0.39, 0.29) is 67.1 Å². The van der Waals surface area contributed by atoms with Crippen LogP contribution in [0.5, 0.6) is 0 Å². The summed E-state index contributed by atoms with van der Waals surface area (Å²) in [6.07, 6.45) is 21.0. The number of carbonyl (C=O) groups is 4. The molecular formula is C57H105N9O20S3. The highest BCUT2D eigenvalue weighted by Gasteiger charge is 2.28. The minimum atomic E-state index is -0.886. The number of aliphatic hydroxyl groups is 1. The average Bonchev–Trinajstić information content (AvgIpc) is 4.52. The predicted molar refractivity (Wildman–Crippen MR) is 350 cm³/mol. The lowest BCUT2D eigenvalue weighted by atomic mass is 10.1. The fourth-order valence-electron chi connectivity index (χ4n) is 6.15. The van der Waals surface area contributed by atoms with Crippen molar-refractivity contribution in [1.82, 2.24) is 39.7 Å². The number of nitrogens with one attached hydrogen (secondary N) is 3. The third-order valence-corrected chi connectivity index (χ3v) is 10.4. The van der Waals surface area contributed by atoms with E-state index in [1.165, 1.54) is 14.2 Å². The van der Waals surface area contributed by atoms with E-state index in [9.17, 15) is 24.3 Å². The van der Waals surface area contributed by atoms with E-state index in [0.29, 0.717) is 158 Å². The first-order valence-corrected chi connectivity index (χ1v) is 26.8. The number of aliphatic hydroxyl groups excluding tert-OH is 1. The number of methoxy groups -OCH3 is 8. The van der Waals surface area contributed by atoms with Gasteiger partial charge in [0.1, 0.15) is 31.0 Å². The van der Waals surface area contributed by atoms with Crippen LogP contribution in [-0.2, 0) is 105 Å². The highest BCUT2D eigenvalue weighted by Crippen LogP contribution is 2.10. The van der Waals surface area contributed by atoms with E-state index in [2.05, 4.69) is 67.8 Å². The molecule has 7 N–H and O–H groups in total. The lowest BCUT2D eigenvalue weighted by Crippen LogP contribution is -2.46. The van der Waals surface area contributed by atoms with Crippen molar-refractivity contribution in [3.8, 4) is 36.5 Å². The van der Waals surface area contributed by atoms with Gasteiger partial charge in [0.2, 0.25) is 0 Å². The van der Waals surface area contributed by atoms with Gasteiger partial charge in [-0.3, -0.25) is 24.2 Å². The second-order valence-corrected chi connectivity index (χ2v) is 16.5. The van der Waals surface area contributed by atoms with E-state index in [1.807, 2.05) is 9.80 Å². The van der Waals surface area contributed by atoms with Crippen molar-refractivity contribution in [3.63, 3.8) is 0 Å². The summed E-state index contributed by atoms with van der Waals surface area (Å²) in [4.78, 5) is 69.0. The maximum Gasteiger partial charge on any atom is 0.323 e. The second-order valence-electron chi connectivity index (χ2n) is 16.5. The first-order chi connectivity index (χ1) is 41.4.